The van der Waals surface area contributed by atoms with Crippen molar-refractivity contribution < 1.29 is 43.5 Å². The van der Waals surface area contributed by atoms with E-state index in [0.717, 1.165) is 18.2 Å². The van der Waals surface area contributed by atoms with Gasteiger partial charge in [0.1, 0.15) is 23.3 Å². The van der Waals surface area contributed by atoms with E-state index < -0.39 is 79.0 Å². The van der Waals surface area contributed by atoms with Crippen molar-refractivity contribution in [3.8, 4) is 27.1 Å². The standard InChI is InChI=1S/C28H18F8N2O3S2/c1-2-7-43(40,41)19-9-16(8-17(10-19)27(31,32)33)24-5-6-25(42-24)23-12-21(28(34,35)36)20(13-37)26(39)38(23)14-15-3-4-18(29)11-22(15)30/h3-6,8-12H,2,7,14H2,1H3. The van der Waals surface area contributed by atoms with E-state index in [0.29, 0.717) is 40.2 Å². The highest BCUT2D eigenvalue weighted by atomic mass is 32.2. The second kappa shape index (κ2) is 11.6. The fraction of sp³-hybridized carbons (Fsp3) is 0.214. The minimum Gasteiger partial charge on any atom is -0.302 e. The molecule has 4 aromatic rings. The molecule has 0 atom stereocenters. The molecule has 2 aromatic heterocycles. The third kappa shape index (κ3) is 6.65. The number of hydrogen-bond donors (Lipinski definition) is 0. The Balaban J connectivity index is 1.96. The zero-order chi connectivity index (χ0) is 31.9. The highest BCUT2D eigenvalue weighted by Crippen LogP contribution is 2.41. The summed E-state index contributed by atoms with van der Waals surface area (Å²) in [5, 5.41) is 9.35. The van der Waals surface area contributed by atoms with E-state index in [9.17, 15) is 53.6 Å². The monoisotopic (exact) mass is 646 g/mol. The molecule has 0 aliphatic carbocycles. The first-order valence-electron chi connectivity index (χ1n) is 12.2. The number of benzene rings is 2. The van der Waals surface area contributed by atoms with Gasteiger partial charge in [0.05, 0.1) is 38.9 Å². The summed E-state index contributed by atoms with van der Waals surface area (Å²) in [7, 11) is -4.11. The molecule has 15 heteroatoms. The summed E-state index contributed by atoms with van der Waals surface area (Å²) >= 11 is 0.638. The van der Waals surface area contributed by atoms with E-state index in [2.05, 4.69) is 0 Å². The Labute approximate surface area is 243 Å². The van der Waals surface area contributed by atoms with Gasteiger partial charge in [-0.1, -0.05) is 13.0 Å². The Kier molecular flexibility index (Phi) is 8.58. The number of nitriles is 1. The molecule has 2 heterocycles. The lowest BCUT2D eigenvalue weighted by atomic mass is 10.1. The molecule has 0 spiro atoms. The molecule has 0 aliphatic rings. The maximum atomic E-state index is 14.5. The lowest BCUT2D eigenvalue weighted by molar-refractivity contribution is -0.138. The molecule has 0 radical (unpaired) electrons. The summed E-state index contributed by atoms with van der Waals surface area (Å²) in [6, 6.07) is 8.63. The van der Waals surface area contributed by atoms with Gasteiger partial charge in [0.15, 0.2) is 9.84 Å². The summed E-state index contributed by atoms with van der Waals surface area (Å²) in [6.45, 7) is 0.811. The average Bonchev–Trinajstić information content (AvgIpc) is 3.39. The highest BCUT2D eigenvalue weighted by molar-refractivity contribution is 7.91. The van der Waals surface area contributed by atoms with Crippen molar-refractivity contribution in [1.29, 1.82) is 5.26 Å². The lowest BCUT2D eigenvalue weighted by Gasteiger charge is -2.17. The molecule has 0 N–H and O–H groups in total. The van der Waals surface area contributed by atoms with Gasteiger partial charge in [-0.05, 0) is 54.4 Å². The van der Waals surface area contributed by atoms with Gasteiger partial charge in [-0.15, -0.1) is 11.3 Å². The second-order valence-electron chi connectivity index (χ2n) is 9.28. The molecule has 0 bridgehead atoms. The average molecular weight is 647 g/mol. The van der Waals surface area contributed by atoms with Gasteiger partial charge in [0.2, 0.25) is 0 Å². The van der Waals surface area contributed by atoms with Gasteiger partial charge in [0, 0.05) is 16.5 Å². The number of rotatable bonds is 7. The molecule has 5 nitrogen and oxygen atoms in total. The van der Waals surface area contributed by atoms with E-state index >= 15 is 0 Å². The van der Waals surface area contributed by atoms with Crippen LogP contribution in [0.2, 0.25) is 0 Å². The second-order valence-corrected chi connectivity index (χ2v) is 12.5. The van der Waals surface area contributed by atoms with Crippen LogP contribution in [0.4, 0.5) is 35.1 Å². The van der Waals surface area contributed by atoms with E-state index in [1.165, 1.54) is 25.1 Å². The van der Waals surface area contributed by atoms with Crippen LogP contribution in [0, 0.1) is 23.0 Å². The number of aromatic nitrogens is 1. The molecular weight excluding hydrogens is 628 g/mol. The number of hydrogen-bond acceptors (Lipinski definition) is 5. The fourth-order valence-corrected chi connectivity index (χ4v) is 6.67. The zero-order valence-electron chi connectivity index (χ0n) is 21.8. The lowest BCUT2D eigenvalue weighted by Crippen LogP contribution is -2.28. The van der Waals surface area contributed by atoms with Crippen LogP contribution in [0.1, 0.15) is 35.6 Å². The Bertz CT molecular complexity index is 1920. The van der Waals surface area contributed by atoms with Crippen LogP contribution in [0.15, 0.2) is 64.3 Å². The molecule has 0 aliphatic heterocycles. The molecule has 0 saturated carbocycles. The minimum absolute atomic E-state index is 0.0129. The van der Waals surface area contributed by atoms with Crippen molar-refractivity contribution in [1.82, 2.24) is 4.57 Å². The third-order valence-corrected chi connectivity index (χ3v) is 9.33. The topological polar surface area (TPSA) is 79.9 Å². The van der Waals surface area contributed by atoms with Gasteiger partial charge in [-0.3, -0.25) is 4.79 Å². The molecule has 43 heavy (non-hydrogen) atoms. The Morgan fingerprint density at radius 3 is 2.16 bits per heavy atom. The third-order valence-electron chi connectivity index (χ3n) is 6.27. The molecular formula is C28H18F8N2O3S2. The van der Waals surface area contributed by atoms with Crippen LogP contribution in [-0.4, -0.2) is 18.7 Å². The molecule has 4 rings (SSSR count). The fourth-order valence-electron chi connectivity index (χ4n) is 4.26. The number of pyridine rings is 1. The highest BCUT2D eigenvalue weighted by Gasteiger charge is 2.37. The normalized spacial score (nSPS) is 12.4. The van der Waals surface area contributed by atoms with Gasteiger partial charge in [0.25, 0.3) is 5.56 Å². The van der Waals surface area contributed by atoms with E-state index in [4.69, 9.17) is 0 Å². The van der Waals surface area contributed by atoms with Crippen LogP contribution >= 0.6 is 11.3 Å². The molecule has 0 unspecified atom stereocenters. The van der Waals surface area contributed by atoms with Gasteiger partial charge in [-0.2, -0.15) is 31.6 Å². The zero-order valence-corrected chi connectivity index (χ0v) is 23.4. The first-order chi connectivity index (χ1) is 20.0. The van der Waals surface area contributed by atoms with E-state index in [-0.39, 0.29) is 27.3 Å². The molecule has 0 fully saturated rings. The quantitative estimate of drug-likeness (QED) is 0.193. The van der Waals surface area contributed by atoms with Crippen molar-refractivity contribution in [3.05, 3.63) is 98.8 Å². The number of thiophene rings is 1. The Morgan fingerprint density at radius 2 is 1.58 bits per heavy atom. The maximum Gasteiger partial charge on any atom is 0.417 e. The van der Waals surface area contributed by atoms with E-state index in [1.54, 1.807) is 0 Å². The van der Waals surface area contributed by atoms with Crippen molar-refractivity contribution in [2.24, 2.45) is 0 Å². The smallest absolute Gasteiger partial charge is 0.302 e. The SMILES string of the molecule is CCCS(=O)(=O)c1cc(-c2ccc(-c3cc(C(F)(F)F)c(C#N)c(=O)n3Cc3ccc(F)cc3F)s2)cc(C(F)(F)F)c1. The van der Waals surface area contributed by atoms with Crippen molar-refractivity contribution >= 4 is 21.2 Å². The summed E-state index contributed by atoms with van der Waals surface area (Å²) < 4.78 is 136. The molecule has 0 amide bonds. The summed E-state index contributed by atoms with van der Waals surface area (Å²) in [5.74, 6) is -2.50. The predicted molar refractivity (Wildman–Crippen MR) is 142 cm³/mol. The van der Waals surface area contributed by atoms with Crippen LogP contribution < -0.4 is 5.56 Å². The van der Waals surface area contributed by atoms with Crippen LogP contribution in [0.5, 0.6) is 0 Å². The number of sulfone groups is 1. The number of nitrogens with zero attached hydrogens (tertiary/aromatic N) is 2. The summed E-state index contributed by atoms with van der Waals surface area (Å²) in [4.78, 5) is 12.5. The largest absolute Gasteiger partial charge is 0.417 e. The van der Waals surface area contributed by atoms with Gasteiger partial charge < -0.3 is 4.57 Å². The first kappa shape index (κ1) is 31.9. The van der Waals surface area contributed by atoms with E-state index in [1.807, 2.05) is 0 Å². The Morgan fingerprint density at radius 1 is 0.907 bits per heavy atom. The molecule has 226 valence electrons. The number of halogens is 8. The van der Waals surface area contributed by atoms with Crippen molar-refractivity contribution in [3.63, 3.8) is 0 Å². The van der Waals surface area contributed by atoms with Crippen LogP contribution in [-0.2, 0) is 28.7 Å². The summed E-state index contributed by atoms with van der Waals surface area (Å²) in [6.07, 6.45) is -9.96. The maximum absolute atomic E-state index is 14.5. The minimum atomic E-state index is -5.16. The molecule has 2 aromatic carbocycles. The van der Waals surface area contributed by atoms with Crippen molar-refractivity contribution in [2.45, 2.75) is 37.1 Å². The van der Waals surface area contributed by atoms with Gasteiger partial charge >= 0.3 is 12.4 Å². The summed E-state index contributed by atoms with van der Waals surface area (Å²) in [5.41, 5.74) is -6.53. The number of alkyl halides is 6. The van der Waals surface area contributed by atoms with Crippen LogP contribution in [0.3, 0.4) is 0 Å². The van der Waals surface area contributed by atoms with Crippen molar-refractivity contribution in [2.75, 3.05) is 5.75 Å². The predicted octanol–water partition coefficient (Wildman–Crippen LogP) is 7.66. The molecule has 0 saturated heterocycles. The Hall–Kier alpha value is -4.03. The van der Waals surface area contributed by atoms with Crippen LogP contribution in [0.25, 0.3) is 21.0 Å². The van der Waals surface area contributed by atoms with Gasteiger partial charge in [-0.25, -0.2) is 17.2 Å². The first-order valence-corrected chi connectivity index (χ1v) is 14.7.